The van der Waals surface area contributed by atoms with Crippen LogP contribution in [0, 0.1) is 0 Å². The van der Waals surface area contributed by atoms with E-state index in [0.29, 0.717) is 5.82 Å². The highest BCUT2D eigenvalue weighted by atomic mass is 32.1. The summed E-state index contributed by atoms with van der Waals surface area (Å²) in [4.78, 5) is 15.1. The van der Waals surface area contributed by atoms with Crippen molar-refractivity contribution in [3.8, 4) is 21.8 Å². The average molecular weight is 394 g/mol. The Bertz CT molecular complexity index is 1070. The number of nitrogens with two attached hydrogens (primary N) is 1. The highest BCUT2D eigenvalue weighted by Crippen LogP contribution is 2.40. The van der Waals surface area contributed by atoms with Crippen LogP contribution in [0.2, 0.25) is 0 Å². The summed E-state index contributed by atoms with van der Waals surface area (Å²) in [6.07, 6.45) is 6.37. The first kappa shape index (κ1) is 18.6. The molecule has 0 spiro atoms. The van der Waals surface area contributed by atoms with Crippen molar-refractivity contribution in [1.29, 1.82) is 0 Å². The van der Waals surface area contributed by atoms with Crippen molar-refractivity contribution in [2.24, 2.45) is 0 Å². The molecule has 144 valence electrons. The van der Waals surface area contributed by atoms with Gasteiger partial charge in [-0.25, -0.2) is 15.0 Å². The summed E-state index contributed by atoms with van der Waals surface area (Å²) in [6.45, 7) is 2.23. The van der Waals surface area contributed by atoms with E-state index in [1.54, 1.807) is 11.3 Å². The molecule has 1 atom stereocenters. The lowest BCUT2D eigenvalue weighted by Gasteiger charge is -2.19. The van der Waals surface area contributed by atoms with Gasteiger partial charge >= 0.3 is 0 Å². The minimum Gasteiger partial charge on any atom is -0.394 e. The number of benzene rings is 1. The lowest BCUT2D eigenvalue weighted by Crippen LogP contribution is -2.13. The molecule has 0 radical (unpaired) electrons. The Morgan fingerprint density at radius 2 is 2.00 bits per heavy atom. The van der Waals surface area contributed by atoms with Gasteiger partial charge in [-0.3, -0.25) is 0 Å². The molecule has 0 fully saturated rings. The van der Waals surface area contributed by atoms with Crippen LogP contribution in [-0.2, 0) is 0 Å². The third-order valence-corrected chi connectivity index (χ3v) is 5.98. The van der Waals surface area contributed by atoms with Crippen molar-refractivity contribution in [1.82, 2.24) is 19.5 Å². The third kappa shape index (κ3) is 3.39. The summed E-state index contributed by atoms with van der Waals surface area (Å²) in [5.74, 6) is 0.476. The van der Waals surface area contributed by atoms with Crippen LogP contribution in [0.5, 0.6) is 0 Å². The van der Waals surface area contributed by atoms with Gasteiger partial charge in [0.05, 0.1) is 40.6 Å². The second kappa shape index (κ2) is 8.08. The number of hydrogen-bond acceptors (Lipinski definition) is 6. The molecule has 3 heterocycles. The minimum atomic E-state index is -0.0199. The largest absolute Gasteiger partial charge is 0.394 e. The Hall–Kier alpha value is -2.77. The second-order valence-corrected chi connectivity index (χ2v) is 7.81. The first-order chi connectivity index (χ1) is 13.7. The van der Waals surface area contributed by atoms with Gasteiger partial charge in [-0.1, -0.05) is 50.1 Å². The van der Waals surface area contributed by atoms with Crippen LogP contribution < -0.4 is 5.73 Å². The van der Waals surface area contributed by atoms with Crippen LogP contribution in [0.15, 0.2) is 49.1 Å². The summed E-state index contributed by atoms with van der Waals surface area (Å²) in [7, 11) is 0. The lowest BCUT2D eigenvalue weighted by molar-refractivity contribution is 0.219. The summed E-state index contributed by atoms with van der Waals surface area (Å²) in [6, 6.07) is 12.1. The molecule has 0 aliphatic carbocycles. The number of aromatic nitrogens is 4. The van der Waals surface area contributed by atoms with Crippen LogP contribution in [0.25, 0.3) is 32.0 Å². The standard InChI is InChI=1S/C21H23N5OS/c1-2-3-9-15(11-27)26-13-25-18(14-7-5-4-6-8-14)19(26)17-10-16-20(22)23-12-24-21(16)28-17/h4-8,10,12-13,15,27H,2-3,9,11H2,1H3,(H2,22,23,24). The van der Waals surface area contributed by atoms with E-state index in [4.69, 9.17) is 10.7 Å². The average Bonchev–Trinajstić information content (AvgIpc) is 3.34. The van der Waals surface area contributed by atoms with E-state index in [-0.39, 0.29) is 12.6 Å². The van der Waals surface area contributed by atoms with Crippen LogP contribution in [-0.4, -0.2) is 31.2 Å². The number of rotatable bonds is 7. The Morgan fingerprint density at radius 3 is 2.71 bits per heavy atom. The highest BCUT2D eigenvalue weighted by Gasteiger charge is 2.22. The van der Waals surface area contributed by atoms with Crippen LogP contribution >= 0.6 is 11.3 Å². The molecule has 1 aromatic carbocycles. The fourth-order valence-electron chi connectivity index (χ4n) is 3.44. The SMILES string of the molecule is CCCCC(CO)n1cnc(-c2ccccc2)c1-c1cc2c(N)ncnc2s1. The van der Waals surface area contributed by atoms with E-state index in [9.17, 15) is 5.11 Å². The number of nitrogens with zero attached hydrogens (tertiary/aromatic N) is 4. The van der Waals surface area contributed by atoms with Gasteiger partial charge in [-0.05, 0) is 12.5 Å². The Morgan fingerprint density at radius 1 is 1.18 bits per heavy atom. The summed E-state index contributed by atoms with van der Waals surface area (Å²) in [5.41, 5.74) is 8.98. The van der Waals surface area contributed by atoms with Crippen LogP contribution in [0.4, 0.5) is 5.82 Å². The van der Waals surface area contributed by atoms with Crippen molar-refractivity contribution in [2.75, 3.05) is 12.3 Å². The molecule has 28 heavy (non-hydrogen) atoms. The van der Waals surface area contributed by atoms with Crippen molar-refractivity contribution < 1.29 is 5.11 Å². The van der Waals surface area contributed by atoms with Gasteiger partial charge in [0.2, 0.25) is 0 Å². The molecule has 0 amide bonds. The third-order valence-electron chi connectivity index (χ3n) is 4.93. The molecule has 3 aromatic heterocycles. The molecule has 0 aliphatic heterocycles. The maximum Gasteiger partial charge on any atom is 0.135 e. The molecule has 6 nitrogen and oxygen atoms in total. The molecule has 1 unspecified atom stereocenters. The van der Waals surface area contributed by atoms with E-state index >= 15 is 0 Å². The zero-order valence-corrected chi connectivity index (χ0v) is 16.6. The maximum atomic E-state index is 10.1. The van der Waals surface area contributed by atoms with E-state index in [1.807, 2.05) is 30.6 Å². The van der Waals surface area contributed by atoms with Gasteiger partial charge in [0.25, 0.3) is 0 Å². The fraction of sp³-hybridized carbons (Fsp3) is 0.286. The van der Waals surface area contributed by atoms with Crippen molar-refractivity contribution in [2.45, 2.75) is 32.2 Å². The van der Waals surface area contributed by atoms with Crippen molar-refractivity contribution >= 4 is 27.4 Å². The van der Waals surface area contributed by atoms with Gasteiger partial charge in [-0.15, -0.1) is 11.3 Å². The topological polar surface area (TPSA) is 89.8 Å². The van der Waals surface area contributed by atoms with Gasteiger partial charge in [0, 0.05) is 5.56 Å². The van der Waals surface area contributed by atoms with E-state index in [1.165, 1.54) is 6.33 Å². The monoisotopic (exact) mass is 393 g/mol. The van der Waals surface area contributed by atoms with E-state index < -0.39 is 0 Å². The lowest BCUT2D eigenvalue weighted by atomic mass is 10.1. The van der Waals surface area contributed by atoms with Crippen molar-refractivity contribution in [3.63, 3.8) is 0 Å². The second-order valence-electron chi connectivity index (χ2n) is 6.78. The quantitative estimate of drug-likeness (QED) is 0.481. The summed E-state index contributed by atoms with van der Waals surface area (Å²) < 4.78 is 2.10. The van der Waals surface area contributed by atoms with Gasteiger partial charge in [0.1, 0.15) is 17.0 Å². The number of nitrogen functional groups attached to an aromatic ring is 1. The van der Waals surface area contributed by atoms with E-state index in [2.05, 4.69) is 33.6 Å². The zero-order valence-electron chi connectivity index (χ0n) is 15.7. The number of imidazole rings is 1. The number of aliphatic hydroxyl groups excluding tert-OH is 1. The normalized spacial score (nSPS) is 12.5. The molecule has 4 aromatic rings. The molecule has 3 N–H and O–H groups in total. The number of thiophene rings is 1. The molecule has 0 bridgehead atoms. The van der Waals surface area contributed by atoms with Crippen LogP contribution in [0.1, 0.15) is 32.2 Å². The molecule has 7 heteroatoms. The predicted octanol–water partition coefficient (Wildman–Crippen LogP) is 4.53. The fourth-order valence-corrected chi connectivity index (χ4v) is 4.49. The number of hydrogen-bond donors (Lipinski definition) is 2. The predicted molar refractivity (Wildman–Crippen MR) is 114 cm³/mol. The first-order valence-electron chi connectivity index (χ1n) is 9.46. The number of aliphatic hydroxyl groups is 1. The zero-order chi connectivity index (χ0) is 19.5. The molecule has 4 rings (SSSR count). The Kier molecular flexibility index (Phi) is 5.36. The first-order valence-corrected chi connectivity index (χ1v) is 10.3. The van der Waals surface area contributed by atoms with Gasteiger partial charge < -0.3 is 15.4 Å². The number of unbranched alkanes of at least 4 members (excludes halogenated alkanes) is 1. The summed E-state index contributed by atoms with van der Waals surface area (Å²) >= 11 is 1.57. The maximum absolute atomic E-state index is 10.1. The van der Waals surface area contributed by atoms with Crippen molar-refractivity contribution in [3.05, 3.63) is 49.1 Å². The number of fused-ring (bicyclic) bond motifs is 1. The summed E-state index contributed by atoms with van der Waals surface area (Å²) in [5, 5.41) is 10.9. The van der Waals surface area contributed by atoms with Gasteiger partial charge in [-0.2, -0.15) is 0 Å². The minimum absolute atomic E-state index is 0.0199. The Labute approximate surface area is 167 Å². The molecule has 0 aliphatic rings. The van der Waals surface area contributed by atoms with E-state index in [0.717, 1.165) is 51.3 Å². The smallest absolute Gasteiger partial charge is 0.135 e. The van der Waals surface area contributed by atoms with Gasteiger partial charge in [0.15, 0.2) is 0 Å². The Balaban J connectivity index is 1.91. The molecular formula is C21H23N5OS. The molecule has 0 saturated carbocycles. The molecule has 0 saturated heterocycles. The van der Waals surface area contributed by atoms with Crippen LogP contribution in [0.3, 0.4) is 0 Å². The molecular weight excluding hydrogens is 370 g/mol. The number of anilines is 1. The highest BCUT2D eigenvalue weighted by molar-refractivity contribution is 7.21.